The molecule has 1 fully saturated rings. The van der Waals surface area contributed by atoms with E-state index in [0.29, 0.717) is 36.0 Å². The molecule has 2 aromatic carbocycles. The highest BCUT2D eigenvalue weighted by Gasteiger charge is 2.25. The highest BCUT2D eigenvalue weighted by Crippen LogP contribution is 2.38. The van der Waals surface area contributed by atoms with E-state index in [4.69, 9.17) is 31.8 Å². The lowest BCUT2D eigenvalue weighted by atomic mass is 10.1. The molecular formula is C30H30ClN7O4S. The Bertz CT molecular complexity index is 1920. The number of nitrogens with one attached hydrogen (secondary N) is 2. The van der Waals surface area contributed by atoms with Crippen molar-refractivity contribution in [2.24, 2.45) is 0 Å². The van der Waals surface area contributed by atoms with Crippen LogP contribution in [-0.2, 0) is 14.8 Å². The fraction of sp³-hybridized carbons (Fsp3) is 0.233. The molecule has 0 unspecified atom stereocenters. The maximum Gasteiger partial charge on any atom is 0.264 e. The van der Waals surface area contributed by atoms with Crippen molar-refractivity contribution in [1.82, 2.24) is 19.4 Å². The SMILES string of the molecule is COc1nc(NS(=O)(=O)c2ccccc2Cl)ccc1-c1nc(C(C)C)n2c(-c3ccc(NC4COC4)cc3)cnc(N)c12. The molecule has 1 saturated heterocycles. The van der Waals surface area contributed by atoms with E-state index in [1.165, 1.54) is 19.2 Å². The van der Waals surface area contributed by atoms with Crippen LogP contribution in [0.4, 0.5) is 17.3 Å². The van der Waals surface area contributed by atoms with Gasteiger partial charge in [0.05, 0.1) is 48.8 Å². The molecule has 43 heavy (non-hydrogen) atoms. The smallest absolute Gasteiger partial charge is 0.264 e. The minimum Gasteiger partial charge on any atom is -0.480 e. The van der Waals surface area contributed by atoms with Crippen LogP contribution in [-0.4, -0.2) is 54.1 Å². The normalized spacial score (nSPS) is 13.7. The Kier molecular flexibility index (Phi) is 7.59. The van der Waals surface area contributed by atoms with E-state index in [1.54, 1.807) is 30.5 Å². The summed E-state index contributed by atoms with van der Waals surface area (Å²) in [5, 5.41) is 3.55. The summed E-state index contributed by atoms with van der Waals surface area (Å²) < 4.78 is 41.4. The second-order valence-electron chi connectivity index (χ2n) is 10.4. The van der Waals surface area contributed by atoms with Crippen LogP contribution in [0.1, 0.15) is 25.6 Å². The summed E-state index contributed by atoms with van der Waals surface area (Å²) in [5.41, 5.74) is 10.9. The minimum atomic E-state index is -4.00. The van der Waals surface area contributed by atoms with Gasteiger partial charge in [-0.05, 0) is 36.4 Å². The van der Waals surface area contributed by atoms with E-state index in [-0.39, 0.29) is 33.4 Å². The molecule has 0 spiro atoms. The number of ether oxygens (including phenoxy) is 2. The third-order valence-corrected chi connectivity index (χ3v) is 8.95. The number of benzene rings is 2. The molecule has 1 aliphatic heterocycles. The monoisotopic (exact) mass is 619 g/mol. The van der Waals surface area contributed by atoms with Gasteiger partial charge < -0.3 is 20.5 Å². The number of aromatic nitrogens is 4. The maximum absolute atomic E-state index is 13.0. The van der Waals surface area contributed by atoms with Crippen LogP contribution in [0.3, 0.4) is 0 Å². The van der Waals surface area contributed by atoms with Gasteiger partial charge in [0.2, 0.25) is 5.88 Å². The summed E-state index contributed by atoms with van der Waals surface area (Å²) in [6.45, 7) is 5.50. The lowest BCUT2D eigenvalue weighted by molar-refractivity contribution is 0.0211. The number of methoxy groups -OCH3 is 1. The van der Waals surface area contributed by atoms with Gasteiger partial charge in [0.1, 0.15) is 33.6 Å². The van der Waals surface area contributed by atoms with Crippen molar-refractivity contribution in [1.29, 1.82) is 0 Å². The number of fused-ring (bicyclic) bond motifs is 1. The van der Waals surface area contributed by atoms with E-state index in [0.717, 1.165) is 22.8 Å². The lowest BCUT2D eigenvalue weighted by Gasteiger charge is -2.27. The van der Waals surface area contributed by atoms with Crippen molar-refractivity contribution in [3.63, 3.8) is 0 Å². The Morgan fingerprint density at radius 1 is 1.07 bits per heavy atom. The van der Waals surface area contributed by atoms with Gasteiger partial charge in [-0.3, -0.25) is 9.12 Å². The van der Waals surface area contributed by atoms with Gasteiger partial charge in [-0.15, -0.1) is 0 Å². The number of halogens is 1. The van der Waals surface area contributed by atoms with Crippen LogP contribution in [0.25, 0.3) is 28.0 Å². The molecule has 11 nitrogen and oxygen atoms in total. The van der Waals surface area contributed by atoms with Gasteiger partial charge >= 0.3 is 0 Å². The van der Waals surface area contributed by atoms with E-state index >= 15 is 0 Å². The van der Waals surface area contributed by atoms with E-state index in [2.05, 4.69) is 33.9 Å². The zero-order valence-corrected chi connectivity index (χ0v) is 25.3. The Balaban J connectivity index is 1.42. The van der Waals surface area contributed by atoms with Crippen LogP contribution in [0, 0.1) is 0 Å². The first-order chi connectivity index (χ1) is 20.7. The van der Waals surface area contributed by atoms with Crippen LogP contribution in [0.2, 0.25) is 5.02 Å². The first kappa shape index (κ1) is 28.7. The molecule has 4 N–H and O–H groups in total. The molecular weight excluding hydrogens is 590 g/mol. The maximum atomic E-state index is 13.0. The fourth-order valence-electron chi connectivity index (χ4n) is 4.93. The summed E-state index contributed by atoms with van der Waals surface area (Å²) >= 11 is 6.13. The summed E-state index contributed by atoms with van der Waals surface area (Å²) in [4.78, 5) is 13.9. The Morgan fingerprint density at radius 3 is 2.47 bits per heavy atom. The molecule has 4 heterocycles. The Morgan fingerprint density at radius 2 is 1.81 bits per heavy atom. The third-order valence-electron chi connectivity index (χ3n) is 7.09. The highest BCUT2D eigenvalue weighted by atomic mass is 35.5. The topological polar surface area (TPSA) is 146 Å². The van der Waals surface area contributed by atoms with Crippen molar-refractivity contribution in [2.45, 2.75) is 30.7 Å². The standard InChI is InChI=1S/C30H30ClN7O4S/c1-17(2)29-36-26(21-12-13-25(35-30(21)41-3)37-43(39,40)24-7-5-4-6-22(24)31)27-28(32)33-14-23(38(27)29)18-8-10-19(11-9-18)34-20-15-42-16-20/h4-14,17,20,34H,15-16H2,1-3H3,(H2,32,33)(H,35,37). The zero-order valence-electron chi connectivity index (χ0n) is 23.7. The number of hydrogen-bond acceptors (Lipinski definition) is 9. The molecule has 0 aliphatic carbocycles. The number of imidazole rings is 1. The summed E-state index contributed by atoms with van der Waals surface area (Å²) in [5.74, 6) is 1.30. The molecule has 6 rings (SSSR count). The number of nitrogens with zero attached hydrogens (tertiary/aromatic N) is 4. The van der Waals surface area contributed by atoms with Crippen LogP contribution >= 0.6 is 11.6 Å². The number of rotatable bonds is 9. The number of hydrogen-bond donors (Lipinski definition) is 3. The largest absolute Gasteiger partial charge is 0.480 e. The second kappa shape index (κ2) is 11.4. The molecule has 3 aromatic heterocycles. The molecule has 0 amide bonds. The van der Waals surface area contributed by atoms with Gasteiger partial charge in [-0.2, -0.15) is 4.98 Å². The molecule has 1 aliphatic rings. The average molecular weight is 620 g/mol. The van der Waals surface area contributed by atoms with Gasteiger partial charge in [0.25, 0.3) is 10.0 Å². The third kappa shape index (κ3) is 5.44. The number of pyridine rings is 1. The number of anilines is 3. The first-order valence-corrected chi connectivity index (χ1v) is 15.5. The molecule has 0 saturated carbocycles. The average Bonchev–Trinajstić information content (AvgIpc) is 3.37. The van der Waals surface area contributed by atoms with Gasteiger partial charge in [0, 0.05) is 17.2 Å². The van der Waals surface area contributed by atoms with E-state index in [1.807, 2.05) is 28.7 Å². The molecule has 13 heteroatoms. The number of nitrogen functional groups attached to an aromatic ring is 1. The summed E-state index contributed by atoms with van der Waals surface area (Å²) in [7, 11) is -2.54. The molecule has 222 valence electrons. The van der Waals surface area contributed by atoms with Gasteiger partial charge in [0.15, 0.2) is 0 Å². The Labute approximate surface area is 254 Å². The lowest BCUT2D eigenvalue weighted by Crippen LogP contribution is -2.40. The van der Waals surface area contributed by atoms with Crippen molar-refractivity contribution >= 4 is 44.5 Å². The molecule has 0 atom stereocenters. The quantitative estimate of drug-likeness (QED) is 0.196. The van der Waals surface area contributed by atoms with Gasteiger partial charge in [-0.1, -0.05) is 49.7 Å². The van der Waals surface area contributed by atoms with Crippen LogP contribution in [0.5, 0.6) is 5.88 Å². The van der Waals surface area contributed by atoms with Crippen LogP contribution < -0.4 is 20.5 Å². The Hall–Kier alpha value is -4.39. The van der Waals surface area contributed by atoms with Crippen molar-refractivity contribution in [3.05, 3.63) is 77.7 Å². The van der Waals surface area contributed by atoms with Crippen molar-refractivity contribution < 1.29 is 17.9 Å². The number of nitrogens with two attached hydrogens (primary N) is 1. The number of sulfonamides is 1. The molecule has 0 bridgehead atoms. The summed E-state index contributed by atoms with van der Waals surface area (Å²) in [6, 6.07) is 17.8. The zero-order chi connectivity index (χ0) is 30.3. The van der Waals surface area contributed by atoms with Gasteiger partial charge in [-0.25, -0.2) is 18.4 Å². The predicted molar refractivity (Wildman–Crippen MR) is 167 cm³/mol. The molecule has 5 aromatic rings. The first-order valence-electron chi connectivity index (χ1n) is 13.6. The highest BCUT2D eigenvalue weighted by molar-refractivity contribution is 7.92. The predicted octanol–water partition coefficient (Wildman–Crippen LogP) is 5.44. The fourth-order valence-corrected chi connectivity index (χ4v) is 6.45. The summed E-state index contributed by atoms with van der Waals surface area (Å²) in [6.07, 6.45) is 1.74. The van der Waals surface area contributed by atoms with E-state index < -0.39 is 10.0 Å². The van der Waals surface area contributed by atoms with Crippen molar-refractivity contribution in [3.8, 4) is 28.4 Å². The van der Waals surface area contributed by atoms with Crippen LogP contribution in [0.15, 0.2) is 71.8 Å². The van der Waals surface area contributed by atoms with Crippen molar-refractivity contribution in [2.75, 3.05) is 36.1 Å². The second-order valence-corrected chi connectivity index (χ2v) is 12.5. The molecule has 0 radical (unpaired) electrons. The van der Waals surface area contributed by atoms with E-state index in [9.17, 15) is 8.42 Å². The minimum absolute atomic E-state index is 0.0296.